The minimum absolute atomic E-state index is 0.885. The Morgan fingerprint density at radius 2 is 1.93 bits per heavy atom. The molecule has 1 heteroatoms. The van der Waals surface area contributed by atoms with Crippen LogP contribution in [0, 0.1) is 5.92 Å². The van der Waals surface area contributed by atoms with Crippen molar-refractivity contribution in [1.82, 2.24) is 0 Å². The van der Waals surface area contributed by atoms with Crippen molar-refractivity contribution in [3.8, 4) is 5.75 Å². The van der Waals surface area contributed by atoms with E-state index in [4.69, 9.17) is 4.74 Å². The Hall–Kier alpha value is -0.980. The first-order valence-electron chi connectivity index (χ1n) is 5.60. The lowest BCUT2D eigenvalue weighted by molar-refractivity contribution is 0.302. The normalized spacial score (nSPS) is 15.5. The Balaban J connectivity index is 1.77. The zero-order valence-electron chi connectivity index (χ0n) is 8.83. The van der Waals surface area contributed by atoms with E-state index in [0.717, 1.165) is 24.7 Å². The molecule has 1 aliphatic carbocycles. The van der Waals surface area contributed by atoms with Crippen LogP contribution in [-0.4, -0.2) is 6.61 Å². The topological polar surface area (TPSA) is 9.23 Å². The zero-order chi connectivity index (χ0) is 9.80. The molecule has 1 nitrogen and oxygen atoms in total. The maximum atomic E-state index is 5.66. The highest BCUT2D eigenvalue weighted by Gasteiger charge is 2.20. The van der Waals surface area contributed by atoms with Crippen LogP contribution in [0.2, 0.25) is 0 Å². The van der Waals surface area contributed by atoms with E-state index in [0.29, 0.717) is 0 Å². The summed E-state index contributed by atoms with van der Waals surface area (Å²) in [5, 5.41) is 0. The third-order valence-corrected chi connectivity index (χ3v) is 2.82. The summed E-state index contributed by atoms with van der Waals surface area (Å²) in [6.45, 7) is 3.05. The average molecular weight is 190 g/mol. The van der Waals surface area contributed by atoms with Crippen LogP contribution in [0.3, 0.4) is 0 Å². The molecule has 0 bridgehead atoms. The summed E-state index contributed by atoms with van der Waals surface area (Å²) in [5.74, 6) is 1.98. The lowest BCUT2D eigenvalue weighted by Gasteiger charge is -2.05. The molecule has 14 heavy (non-hydrogen) atoms. The van der Waals surface area contributed by atoms with Gasteiger partial charge in [-0.05, 0) is 36.5 Å². The van der Waals surface area contributed by atoms with Gasteiger partial charge >= 0.3 is 0 Å². The van der Waals surface area contributed by atoms with E-state index in [9.17, 15) is 0 Å². The maximum Gasteiger partial charge on any atom is 0.119 e. The molecule has 2 rings (SSSR count). The molecule has 1 aliphatic rings. The van der Waals surface area contributed by atoms with E-state index in [1.165, 1.54) is 24.8 Å². The van der Waals surface area contributed by atoms with E-state index in [1.807, 2.05) is 0 Å². The highest BCUT2D eigenvalue weighted by molar-refractivity contribution is 5.27. The predicted octanol–water partition coefficient (Wildman–Crippen LogP) is 3.43. The van der Waals surface area contributed by atoms with Crippen LogP contribution >= 0.6 is 0 Å². The van der Waals surface area contributed by atoms with Crippen molar-refractivity contribution < 1.29 is 4.74 Å². The molecular weight excluding hydrogens is 172 g/mol. The monoisotopic (exact) mass is 190 g/mol. The number of rotatable bonds is 5. The molecule has 0 spiro atoms. The number of benzene rings is 1. The fraction of sp³-hybridized carbons (Fsp3) is 0.538. The van der Waals surface area contributed by atoms with Gasteiger partial charge in [-0.2, -0.15) is 0 Å². The van der Waals surface area contributed by atoms with Crippen molar-refractivity contribution in [2.45, 2.75) is 32.6 Å². The summed E-state index contributed by atoms with van der Waals surface area (Å²) in [6.07, 6.45) is 5.16. The van der Waals surface area contributed by atoms with Gasteiger partial charge in [0.2, 0.25) is 0 Å². The first kappa shape index (κ1) is 9.57. The molecule has 0 N–H and O–H groups in total. The second kappa shape index (κ2) is 4.50. The molecule has 0 atom stereocenters. The van der Waals surface area contributed by atoms with Crippen LogP contribution in [0.15, 0.2) is 24.3 Å². The minimum atomic E-state index is 0.885. The van der Waals surface area contributed by atoms with E-state index in [1.54, 1.807) is 0 Å². The van der Waals surface area contributed by atoms with Crippen molar-refractivity contribution in [3.05, 3.63) is 29.8 Å². The van der Waals surface area contributed by atoms with Gasteiger partial charge in [-0.15, -0.1) is 0 Å². The van der Waals surface area contributed by atoms with E-state index in [2.05, 4.69) is 31.2 Å². The van der Waals surface area contributed by atoms with Gasteiger partial charge in [0.1, 0.15) is 5.75 Å². The molecular formula is C13H18O. The van der Waals surface area contributed by atoms with Crippen molar-refractivity contribution in [2.75, 3.05) is 6.61 Å². The van der Waals surface area contributed by atoms with Crippen LogP contribution in [0.1, 0.15) is 31.7 Å². The predicted molar refractivity (Wildman–Crippen MR) is 58.7 cm³/mol. The van der Waals surface area contributed by atoms with Crippen LogP contribution < -0.4 is 4.74 Å². The van der Waals surface area contributed by atoms with E-state index >= 15 is 0 Å². The minimum Gasteiger partial charge on any atom is -0.494 e. The van der Waals surface area contributed by atoms with Crippen LogP contribution in [-0.2, 0) is 6.42 Å². The number of ether oxygens (including phenoxy) is 1. The van der Waals surface area contributed by atoms with Crippen molar-refractivity contribution in [2.24, 2.45) is 5.92 Å². The van der Waals surface area contributed by atoms with Crippen molar-refractivity contribution >= 4 is 0 Å². The molecule has 1 fully saturated rings. The summed E-state index contributed by atoms with van der Waals surface area (Å²) in [7, 11) is 0. The second-order valence-corrected chi connectivity index (χ2v) is 4.08. The Morgan fingerprint density at radius 1 is 1.21 bits per heavy atom. The van der Waals surface area contributed by atoms with Gasteiger partial charge in [0.05, 0.1) is 6.61 Å². The summed E-state index contributed by atoms with van der Waals surface area (Å²) in [4.78, 5) is 0. The highest BCUT2D eigenvalue weighted by atomic mass is 16.5. The van der Waals surface area contributed by atoms with Gasteiger partial charge in [0, 0.05) is 0 Å². The van der Waals surface area contributed by atoms with Crippen molar-refractivity contribution in [1.29, 1.82) is 0 Å². The lowest BCUT2D eigenvalue weighted by Crippen LogP contribution is -1.97. The average Bonchev–Trinajstić information content (AvgIpc) is 3.03. The smallest absolute Gasteiger partial charge is 0.119 e. The molecule has 76 valence electrons. The number of hydrogen-bond donors (Lipinski definition) is 0. The molecule has 0 heterocycles. The Kier molecular flexibility index (Phi) is 3.07. The van der Waals surface area contributed by atoms with Crippen LogP contribution in [0.25, 0.3) is 0 Å². The van der Waals surface area contributed by atoms with Gasteiger partial charge in [-0.3, -0.25) is 0 Å². The lowest BCUT2D eigenvalue weighted by atomic mass is 10.2. The maximum absolute atomic E-state index is 5.66. The van der Waals surface area contributed by atoms with Gasteiger partial charge in [-0.25, -0.2) is 0 Å². The van der Waals surface area contributed by atoms with Crippen LogP contribution in [0.5, 0.6) is 5.75 Å². The summed E-state index contributed by atoms with van der Waals surface area (Å²) in [6, 6.07) is 8.44. The third-order valence-electron chi connectivity index (χ3n) is 2.82. The number of hydrogen-bond acceptors (Lipinski definition) is 1. The quantitative estimate of drug-likeness (QED) is 0.691. The van der Waals surface area contributed by atoms with E-state index in [-0.39, 0.29) is 0 Å². The van der Waals surface area contributed by atoms with Crippen LogP contribution in [0.4, 0.5) is 0 Å². The zero-order valence-corrected chi connectivity index (χ0v) is 8.83. The standard InChI is InChI=1S/C13H18O/c1-2-11-5-7-13(8-6-11)14-10-9-12-3-4-12/h5-8,12H,2-4,9-10H2,1H3. The molecule has 1 aromatic rings. The highest BCUT2D eigenvalue weighted by Crippen LogP contribution is 2.32. The third kappa shape index (κ3) is 2.76. The van der Waals surface area contributed by atoms with E-state index < -0.39 is 0 Å². The molecule has 0 aromatic heterocycles. The SMILES string of the molecule is CCc1ccc(OCCC2CC2)cc1. The second-order valence-electron chi connectivity index (χ2n) is 4.08. The summed E-state index contributed by atoms with van der Waals surface area (Å²) in [5.41, 5.74) is 1.37. The first-order chi connectivity index (χ1) is 6.88. The molecule has 1 aromatic carbocycles. The van der Waals surface area contributed by atoms with Gasteiger partial charge in [0.25, 0.3) is 0 Å². The van der Waals surface area contributed by atoms with Gasteiger partial charge < -0.3 is 4.74 Å². The fourth-order valence-corrected chi connectivity index (χ4v) is 1.57. The van der Waals surface area contributed by atoms with Crippen molar-refractivity contribution in [3.63, 3.8) is 0 Å². The first-order valence-corrected chi connectivity index (χ1v) is 5.60. The molecule has 0 amide bonds. The summed E-state index contributed by atoms with van der Waals surface area (Å²) < 4.78 is 5.66. The molecule has 0 unspecified atom stereocenters. The molecule has 0 aliphatic heterocycles. The number of aryl methyl sites for hydroxylation is 1. The van der Waals surface area contributed by atoms with Gasteiger partial charge in [-0.1, -0.05) is 31.9 Å². The Labute approximate surface area is 86.1 Å². The fourth-order valence-electron chi connectivity index (χ4n) is 1.57. The van der Waals surface area contributed by atoms with Gasteiger partial charge in [0.15, 0.2) is 0 Å². The Morgan fingerprint density at radius 3 is 2.50 bits per heavy atom. The molecule has 1 saturated carbocycles. The summed E-state index contributed by atoms with van der Waals surface area (Å²) >= 11 is 0. The molecule has 0 radical (unpaired) electrons. The molecule has 0 saturated heterocycles. The Bertz CT molecular complexity index is 272. The largest absolute Gasteiger partial charge is 0.494 e.